The van der Waals surface area contributed by atoms with Gasteiger partial charge in [0.2, 0.25) is 0 Å². The van der Waals surface area contributed by atoms with Crippen LogP contribution in [0.25, 0.3) is 0 Å². The monoisotopic (exact) mass is 541 g/mol. The van der Waals surface area contributed by atoms with Gasteiger partial charge in [0.25, 0.3) is 5.91 Å². The number of carbonyl (C=O) groups excluding carboxylic acids is 1. The molecule has 0 radical (unpaired) electrons. The highest BCUT2D eigenvalue weighted by molar-refractivity contribution is 7.09. The van der Waals surface area contributed by atoms with Gasteiger partial charge in [-0.3, -0.25) is 4.79 Å². The first-order valence-corrected chi connectivity index (χ1v) is 8.56. The van der Waals surface area contributed by atoms with E-state index in [1.165, 1.54) is 11.4 Å². The molecule has 0 saturated heterocycles. The molecule has 1 N–H and O–H groups in total. The smallest absolute Gasteiger partial charge is 0.346 e. The van der Waals surface area contributed by atoms with Crippen LogP contribution in [-0.4, -0.2) is 53.8 Å². The zero-order chi connectivity index (χ0) is 26.5. The van der Waals surface area contributed by atoms with E-state index in [-0.39, 0.29) is 4.88 Å². The molecule has 1 aromatic heterocycles. The van der Waals surface area contributed by atoms with Crippen molar-refractivity contribution in [1.29, 1.82) is 0 Å². The molecule has 0 saturated carbocycles. The summed E-state index contributed by atoms with van der Waals surface area (Å²) in [5.74, 6) is -59.4. The van der Waals surface area contributed by atoms with Crippen molar-refractivity contribution in [3.05, 3.63) is 22.4 Å². The highest BCUT2D eigenvalue weighted by atomic mass is 32.1. The van der Waals surface area contributed by atoms with Crippen molar-refractivity contribution >= 4 is 17.2 Å². The number of hydrogen-bond donors (Lipinski definition) is 1. The lowest BCUT2D eigenvalue weighted by molar-refractivity contribution is -0.443. The minimum Gasteiger partial charge on any atom is -0.346 e. The molecule has 1 rings (SSSR count). The Labute approximate surface area is 175 Å². The predicted molar refractivity (Wildman–Crippen MR) is 76.8 cm³/mol. The molecule has 0 bridgehead atoms. The minimum absolute atomic E-state index is 0.0973. The standard InChI is InChI=1S/C14H7F16NOS/c15-6(16)8(17,18)10(21,22)12(25,26)14(29,30)13(27,28)11(23,24)9(19,20)7(32)31-4-5-2-1-3-33-5/h1-3,6H,4H2,(H,31,32). The Morgan fingerprint density at radius 2 is 1.18 bits per heavy atom. The van der Waals surface area contributed by atoms with Gasteiger partial charge in [-0.25, -0.2) is 8.78 Å². The maximum Gasteiger partial charge on any atom is 0.392 e. The first kappa shape index (κ1) is 29.1. The molecule has 19 heteroatoms. The molecular formula is C14H7F16NOS. The number of carbonyl (C=O) groups is 1. The molecule has 0 aromatic carbocycles. The maximum atomic E-state index is 13.6. The molecular weight excluding hydrogens is 534 g/mol. The van der Waals surface area contributed by atoms with Crippen LogP contribution in [0.15, 0.2) is 17.5 Å². The van der Waals surface area contributed by atoms with E-state index in [2.05, 4.69) is 0 Å². The lowest BCUT2D eigenvalue weighted by Crippen LogP contribution is -2.74. The first-order chi connectivity index (χ1) is 14.4. The Bertz CT molecular complexity index is 834. The summed E-state index contributed by atoms with van der Waals surface area (Å²) in [5, 5.41) is 2.11. The molecule has 0 unspecified atom stereocenters. The lowest BCUT2D eigenvalue weighted by atomic mass is 9.89. The largest absolute Gasteiger partial charge is 0.392 e. The lowest BCUT2D eigenvalue weighted by Gasteiger charge is -2.42. The van der Waals surface area contributed by atoms with Crippen LogP contribution in [0.1, 0.15) is 4.88 Å². The van der Waals surface area contributed by atoms with Crippen molar-refractivity contribution in [2.24, 2.45) is 0 Å². The normalized spacial score (nSPS) is 15.2. The number of hydrogen-bond acceptors (Lipinski definition) is 2. The van der Waals surface area contributed by atoms with E-state index in [1.54, 1.807) is 0 Å². The molecule has 0 aliphatic carbocycles. The number of halogens is 16. The summed E-state index contributed by atoms with van der Waals surface area (Å²) >= 11 is 0.673. The van der Waals surface area contributed by atoms with Gasteiger partial charge >= 0.3 is 47.9 Å². The third kappa shape index (κ3) is 4.09. The molecule has 1 aromatic rings. The van der Waals surface area contributed by atoms with Crippen LogP contribution in [0.3, 0.4) is 0 Å². The highest BCUT2D eigenvalue weighted by Crippen LogP contribution is 2.62. The van der Waals surface area contributed by atoms with E-state index in [4.69, 9.17) is 0 Å². The Hall–Kier alpha value is -1.95. The molecule has 0 spiro atoms. The van der Waals surface area contributed by atoms with Gasteiger partial charge in [-0.2, -0.15) is 61.5 Å². The summed E-state index contributed by atoms with van der Waals surface area (Å²) in [6, 6.07) is 2.28. The Kier molecular flexibility index (Phi) is 7.37. The number of nitrogens with one attached hydrogen (secondary N) is 1. The average molecular weight is 541 g/mol. The van der Waals surface area contributed by atoms with Crippen molar-refractivity contribution in [1.82, 2.24) is 5.32 Å². The molecule has 33 heavy (non-hydrogen) atoms. The predicted octanol–water partition coefficient (Wildman–Crippen LogP) is 6.08. The Morgan fingerprint density at radius 3 is 1.58 bits per heavy atom. The number of rotatable bonds is 10. The van der Waals surface area contributed by atoms with Crippen molar-refractivity contribution in [3.63, 3.8) is 0 Å². The van der Waals surface area contributed by atoms with Crippen LogP contribution in [-0.2, 0) is 11.3 Å². The summed E-state index contributed by atoms with van der Waals surface area (Å²) < 4.78 is 211. The van der Waals surface area contributed by atoms with Crippen molar-refractivity contribution < 1.29 is 75.0 Å². The van der Waals surface area contributed by atoms with Crippen LogP contribution in [0.5, 0.6) is 0 Å². The van der Waals surface area contributed by atoms with Crippen LogP contribution in [0.4, 0.5) is 70.2 Å². The summed E-state index contributed by atoms with van der Waals surface area (Å²) in [4.78, 5) is 11.1. The Balaban J connectivity index is 3.44. The van der Waals surface area contributed by atoms with Gasteiger partial charge in [0, 0.05) is 4.88 Å². The zero-order valence-corrected chi connectivity index (χ0v) is 15.7. The first-order valence-electron chi connectivity index (χ1n) is 7.68. The molecule has 2 nitrogen and oxygen atoms in total. The van der Waals surface area contributed by atoms with E-state index >= 15 is 0 Å². The average Bonchev–Trinajstić information content (AvgIpc) is 3.18. The van der Waals surface area contributed by atoms with Crippen molar-refractivity contribution in [2.75, 3.05) is 0 Å². The van der Waals surface area contributed by atoms with Gasteiger partial charge < -0.3 is 5.32 Å². The second-order valence-electron chi connectivity index (χ2n) is 6.13. The van der Waals surface area contributed by atoms with E-state index < -0.39 is 60.3 Å². The summed E-state index contributed by atoms with van der Waals surface area (Å²) in [5.41, 5.74) is 0. The molecule has 0 aliphatic rings. The summed E-state index contributed by atoms with van der Waals surface area (Å²) in [6.07, 6.45) is -5.91. The maximum absolute atomic E-state index is 13.6. The van der Waals surface area contributed by atoms with Crippen LogP contribution in [0, 0.1) is 0 Å². The van der Waals surface area contributed by atoms with Gasteiger partial charge in [0.05, 0.1) is 6.54 Å². The fourth-order valence-corrected chi connectivity index (χ4v) is 2.61. The molecule has 0 aliphatic heterocycles. The van der Waals surface area contributed by atoms with E-state index in [0.29, 0.717) is 11.3 Å². The van der Waals surface area contributed by atoms with Crippen molar-refractivity contribution in [3.8, 4) is 0 Å². The topological polar surface area (TPSA) is 29.1 Å². The molecule has 192 valence electrons. The fourth-order valence-electron chi connectivity index (χ4n) is 1.97. The molecule has 0 atom stereocenters. The van der Waals surface area contributed by atoms with E-state index in [0.717, 1.165) is 11.4 Å². The highest BCUT2D eigenvalue weighted by Gasteiger charge is 2.94. The second-order valence-corrected chi connectivity index (χ2v) is 7.16. The summed E-state index contributed by atoms with van der Waals surface area (Å²) in [7, 11) is 0. The molecule has 0 fully saturated rings. The third-order valence-corrected chi connectivity index (χ3v) is 4.83. The second kappa shape index (κ2) is 8.37. The number of amides is 1. The van der Waals surface area contributed by atoms with Gasteiger partial charge in [-0.1, -0.05) is 6.07 Å². The third-order valence-electron chi connectivity index (χ3n) is 3.95. The summed E-state index contributed by atoms with van der Waals surface area (Å²) in [6.45, 7) is -1.10. The van der Waals surface area contributed by atoms with Gasteiger partial charge in [0.15, 0.2) is 0 Å². The minimum atomic E-state index is -8.53. The Morgan fingerprint density at radius 1 is 0.758 bits per heavy atom. The van der Waals surface area contributed by atoms with E-state index in [1.807, 2.05) is 0 Å². The quantitative estimate of drug-likeness (QED) is 0.358. The van der Waals surface area contributed by atoms with Gasteiger partial charge in [-0.15, -0.1) is 11.3 Å². The number of alkyl halides is 16. The molecule has 1 heterocycles. The van der Waals surface area contributed by atoms with Crippen LogP contribution in [0.2, 0.25) is 0 Å². The van der Waals surface area contributed by atoms with Gasteiger partial charge in [-0.05, 0) is 11.4 Å². The van der Waals surface area contributed by atoms with Gasteiger partial charge in [0.1, 0.15) is 0 Å². The van der Waals surface area contributed by atoms with Crippen LogP contribution < -0.4 is 5.32 Å². The molecule has 1 amide bonds. The zero-order valence-electron chi connectivity index (χ0n) is 14.9. The van der Waals surface area contributed by atoms with E-state index in [9.17, 15) is 75.0 Å². The number of thiophene rings is 1. The SMILES string of the molecule is O=C(NCc1cccs1)C(F)(F)C(F)(F)C(F)(F)C(F)(F)C(F)(F)C(F)(F)C(F)(F)C(F)F. The van der Waals surface area contributed by atoms with Crippen molar-refractivity contribution in [2.45, 2.75) is 54.4 Å². The fraction of sp³-hybridized carbons (Fsp3) is 0.643. The van der Waals surface area contributed by atoms with Crippen LogP contribution >= 0.6 is 11.3 Å².